The molecule has 0 aliphatic carbocycles. The second-order valence-electron chi connectivity index (χ2n) is 5.33. The van der Waals surface area contributed by atoms with Gasteiger partial charge in [0.05, 0.1) is 0 Å². The zero-order valence-electron chi connectivity index (χ0n) is 11.7. The van der Waals surface area contributed by atoms with Gasteiger partial charge in [0.1, 0.15) is 0 Å². The Morgan fingerprint density at radius 2 is 2.06 bits per heavy atom. The third-order valence-corrected chi connectivity index (χ3v) is 4.40. The predicted octanol–water partition coefficient (Wildman–Crippen LogP) is 4.34. The highest BCUT2D eigenvalue weighted by Crippen LogP contribution is 2.19. The normalized spacial score (nSPS) is 15.1. The van der Waals surface area contributed by atoms with Crippen LogP contribution in [-0.2, 0) is 6.42 Å². The molecule has 0 radical (unpaired) electrons. The Morgan fingerprint density at radius 1 is 1.29 bits per heavy atom. The lowest BCUT2D eigenvalue weighted by atomic mass is 9.87. The lowest BCUT2D eigenvalue weighted by Crippen LogP contribution is -2.38. The third-order valence-electron chi connectivity index (χ3n) is 3.67. The molecule has 1 aromatic heterocycles. The van der Waals surface area contributed by atoms with Crippen LogP contribution in [0.3, 0.4) is 0 Å². The highest BCUT2D eigenvalue weighted by Gasteiger charge is 2.19. The van der Waals surface area contributed by atoms with Gasteiger partial charge >= 0.3 is 0 Å². The van der Waals surface area contributed by atoms with Crippen LogP contribution in [0.4, 0.5) is 0 Å². The summed E-state index contributed by atoms with van der Waals surface area (Å²) in [7, 11) is 0. The fourth-order valence-corrected chi connectivity index (χ4v) is 2.81. The molecule has 2 atom stereocenters. The van der Waals surface area contributed by atoms with Crippen LogP contribution in [0.2, 0.25) is 0 Å². The summed E-state index contributed by atoms with van der Waals surface area (Å²) in [6.45, 7) is 10.4. The average Bonchev–Trinajstić information content (AvgIpc) is 2.81. The molecular weight excluding hydrogens is 226 g/mol. The number of nitrogens with one attached hydrogen (secondary N) is 1. The molecule has 0 saturated carbocycles. The topological polar surface area (TPSA) is 12.0 Å². The molecule has 1 N–H and O–H groups in total. The summed E-state index contributed by atoms with van der Waals surface area (Å²) < 4.78 is 0. The number of aryl methyl sites for hydroxylation is 1. The minimum Gasteiger partial charge on any atom is -0.314 e. The third kappa shape index (κ3) is 5.22. The highest BCUT2D eigenvalue weighted by molar-refractivity contribution is 7.07. The molecule has 1 heterocycles. The van der Waals surface area contributed by atoms with Crippen LogP contribution in [0.5, 0.6) is 0 Å². The van der Waals surface area contributed by atoms with E-state index in [1.165, 1.54) is 24.8 Å². The predicted molar refractivity (Wildman–Crippen MR) is 78.7 cm³/mol. The summed E-state index contributed by atoms with van der Waals surface area (Å²) >= 11 is 1.80. The summed E-state index contributed by atoms with van der Waals surface area (Å²) in [6.07, 6.45) is 3.69. The molecule has 2 unspecified atom stereocenters. The van der Waals surface area contributed by atoms with Crippen molar-refractivity contribution in [3.63, 3.8) is 0 Å². The van der Waals surface area contributed by atoms with Crippen molar-refractivity contribution in [3.8, 4) is 0 Å². The minimum absolute atomic E-state index is 0.662. The Kier molecular flexibility index (Phi) is 6.83. The van der Waals surface area contributed by atoms with E-state index in [1.54, 1.807) is 11.3 Å². The first-order valence-electron chi connectivity index (χ1n) is 6.89. The molecule has 0 saturated heterocycles. The maximum atomic E-state index is 3.72. The fourth-order valence-electron chi connectivity index (χ4n) is 2.10. The minimum atomic E-state index is 0.662. The standard InChI is InChI=1S/C15H27NS/c1-5-9-16-15(13(4)12(2)3)7-6-14-8-10-17-11-14/h8,10-13,15-16H,5-7,9H2,1-4H3. The molecule has 0 aromatic carbocycles. The molecule has 0 aliphatic heterocycles. The van der Waals surface area contributed by atoms with Crippen LogP contribution >= 0.6 is 11.3 Å². The fraction of sp³-hybridized carbons (Fsp3) is 0.733. The largest absolute Gasteiger partial charge is 0.314 e. The Hall–Kier alpha value is -0.340. The van der Waals surface area contributed by atoms with Crippen molar-refractivity contribution < 1.29 is 0 Å². The molecule has 1 rings (SSSR count). The van der Waals surface area contributed by atoms with Gasteiger partial charge in [0, 0.05) is 6.04 Å². The Bertz CT molecular complexity index is 279. The summed E-state index contributed by atoms with van der Waals surface area (Å²) in [5.74, 6) is 1.51. The lowest BCUT2D eigenvalue weighted by Gasteiger charge is -2.28. The van der Waals surface area contributed by atoms with Crippen molar-refractivity contribution in [1.82, 2.24) is 5.32 Å². The van der Waals surface area contributed by atoms with Crippen molar-refractivity contribution in [2.24, 2.45) is 11.8 Å². The molecule has 98 valence electrons. The second kappa shape index (κ2) is 7.88. The van der Waals surface area contributed by atoms with E-state index in [0.29, 0.717) is 6.04 Å². The van der Waals surface area contributed by atoms with Gasteiger partial charge in [0.25, 0.3) is 0 Å². The van der Waals surface area contributed by atoms with Crippen LogP contribution in [0.15, 0.2) is 16.8 Å². The Morgan fingerprint density at radius 3 is 2.59 bits per heavy atom. The van der Waals surface area contributed by atoms with Gasteiger partial charge in [-0.15, -0.1) is 0 Å². The molecule has 1 nitrogen and oxygen atoms in total. The van der Waals surface area contributed by atoms with Crippen molar-refractivity contribution in [3.05, 3.63) is 22.4 Å². The van der Waals surface area contributed by atoms with E-state index < -0.39 is 0 Å². The smallest absolute Gasteiger partial charge is 0.00982 e. The van der Waals surface area contributed by atoms with Crippen LogP contribution < -0.4 is 5.32 Å². The van der Waals surface area contributed by atoms with E-state index in [2.05, 4.69) is 49.8 Å². The SMILES string of the molecule is CCCNC(CCc1ccsc1)C(C)C(C)C. The molecule has 0 aliphatic rings. The van der Waals surface area contributed by atoms with Gasteiger partial charge in [0.2, 0.25) is 0 Å². The van der Waals surface area contributed by atoms with E-state index in [4.69, 9.17) is 0 Å². The summed E-state index contributed by atoms with van der Waals surface area (Å²) in [6, 6.07) is 2.91. The van der Waals surface area contributed by atoms with Gasteiger partial charge < -0.3 is 5.32 Å². The monoisotopic (exact) mass is 253 g/mol. The van der Waals surface area contributed by atoms with Crippen molar-refractivity contribution in [2.45, 2.75) is 53.0 Å². The van der Waals surface area contributed by atoms with Crippen LogP contribution in [0.1, 0.15) is 46.1 Å². The summed E-state index contributed by atoms with van der Waals surface area (Å²) in [5.41, 5.74) is 1.49. The van der Waals surface area contributed by atoms with Gasteiger partial charge in [-0.05, 0) is 60.0 Å². The molecule has 0 fully saturated rings. The zero-order chi connectivity index (χ0) is 12.7. The number of rotatable bonds is 8. The van der Waals surface area contributed by atoms with E-state index in [0.717, 1.165) is 18.4 Å². The number of thiophene rings is 1. The average molecular weight is 253 g/mol. The zero-order valence-corrected chi connectivity index (χ0v) is 12.5. The number of hydrogen-bond donors (Lipinski definition) is 1. The molecule has 0 bridgehead atoms. The first-order valence-corrected chi connectivity index (χ1v) is 7.83. The maximum Gasteiger partial charge on any atom is 0.00982 e. The maximum absolute atomic E-state index is 3.72. The molecule has 0 amide bonds. The van der Waals surface area contributed by atoms with Crippen LogP contribution in [-0.4, -0.2) is 12.6 Å². The van der Waals surface area contributed by atoms with E-state index in [1.807, 2.05) is 0 Å². The first-order chi connectivity index (χ1) is 8.15. The van der Waals surface area contributed by atoms with E-state index in [9.17, 15) is 0 Å². The highest BCUT2D eigenvalue weighted by atomic mass is 32.1. The van der Waals surface area contributed by atoms with Gasteiger partial charge in [-0.3, -0.25) is 0 Å². The molecule has 1 aromatic rings. The van der Waals surface area contributed by atoms with Gasteiger partial charge in [0.15, 0.2) is 0 Å². The van der Waals surface area contributed by atoms with Gasteiger partial charge in [-0.1, -0.05) is 27.7 Å². The summed E-state index contributed by atoms with van der Waals surface area (Å²) in [4.78, 5) is 0. The van der Waals surface area contributed by atoms with Gasteiger partial charge in [-0.2, -0.15) is 11.3 Å². The Labute approximate surface area is 111 Å². The lowest BCUT2D eigenvalue weighted by molar-refractivity contribution is 0.286. The van der Waals surface area contributed by atoms with Crippen molar-refractivity contribution in [2.75, 3.05) is 6.54 Å². The van der Waals surface area contributed by atoms with Crippen LogP contribution in [0.25, 0.3) is 0 Å². The second-order valence-corrected chi connectivity index (χ2v) is 6.11. The molecular formula is C15H27NS. The number of hydrogen-bond acceptors (Lipinski definition) is 2. The molecule has 17 heavy (non-hydrogen) atoms. The quantitative estimate of drug-likeness (QED) is 0.726. The summed E-state index contributed by atoms with van der Waals surface area (Å²) in [5, 5.41) is 8.17. The van der Waals surface area contributed by atoms with Crippen molar-refractivity contribution in [1.29, 1.82) is 0 Å². The first kappa shape index (κ1) is 14.7. The Balaban J connectivity index is 2.45. The van der Waals surface area contributed by atoms with Crippen LogP contribution in [0, 0.1) is 11.8 Å². The molecule has 2 heteroatoms. The van der Waals surface area contributed by atoms with E-state index >= 15 is 0 Å². The molecule has 0 spiro atoms. The van der Waals surface area contributed by atoms with Gasteiger partial charge in [-0.25, -0.2) is 0 Å². The van der Waals surface area contributed by atoms with Crippen molar-refractivity contribution >= 4 is 11.3 Å². The van der Waals surface area contributed by atoms with E-state index in [-0.39, 0.29) is 0 Å².